The molecule has 0 saturated carbocycles. The monoisotopic (exact) mass is 167 g/mol. The molecule has 0 aliphatic carbocycles. The van der Waals surface area contributed by atoms with Gasteiger partial charge in [0.1, 0.15) is 0 Å². The van der Waals surface area contributed by atoms with Gasteiger partial charge in [0.25, 0.3) is 0 Å². The van der Waals surface area contributed by atoms with Gasteiger partial charge in [-0.15, -0.1) is 11.3 Å². The van der Waals surface area contributed by atoms with Gasteiger partial charge in [-0.3, -0.25) is 0 Å². The fraction of sp³-hybridized carbons (Fsp3) is 0.444. The first-order valence-electron chi connectivity index (χ1n) is 3.81. The van der Waals surface area contributed by atoms with E-state index in [9.17, 15) is 0 Å². The molecule has 0 aliphatic heterocycles. The van der Waals surface area contributed by atoms with Gasteiger partial charge in [0, 0.05) is 5.38 Å². The topological polar surface area (TPSA) is 12.9 Å². The Morgan fingerprint density at radius 3 is 2.91 bits per heavy atom. The van der Waals surface area contributed by atoms with Crippen LogP contribution in [0.3, 0.4) is 0 Å². The van der Waals surface area contributed by atoms with E-state index in [0.29, 0.717) is 0 Å². The minimum Gasteiger partial charge on any atom is -0.242 e. The highest BCUT2D eigenvalue weighted by molar-refractivity contribution is 7.09. The molecule has 0 N–H and O–H groups in total. The molecule has 11 heavy (non-hydrogen) atoms. The van der Waals surface area contributed by atoms with E-state index in [1.165, 1.54) is 5.57 Å². The Balaban J connectivity index is 2.78. The summed E-state index contributed by atoms with van der Waals surface area (Å²) in [5, 5.41) is 3.23. The minimum atomic E-state index is 1.10. The summed E-state index contributed by atoms with van der Waals surface area (Å²) in [5.74, 6) is 0. The van der Waals surface area contributed by atoms with Crippen molar-refractivity contribution in [1.29, 1.82) is 0 Å². The molecule has 0 saturated heterocycles. The highest BCUT2D eigenvalue weighted by Gasteiger charge is 1.93. The van der Waals surface area contributed by atoms with Crippen molar-refractivity contribution in [3.8, 4) is 0 Å². The Labute approximate surface area is 71.8 Å². The van der Waals surface area contributed by atoms with E-state index in [2.05, 4.69) is 30.3 Å². The molecule has 0 fully saturated rings. The predicted octanol–water partition coefficient (Wildman–Crippen LogP) is 3.26. The highest BCUT2D eigenvalue weighted by atomic mass is 32.1. The molecule has 1 aromatic heterocycles. The van der Waals surface area contributed by atoms with E-state index in [1.54, 1.807) is 11.3 Å². The molecule has 0 bridgehead atoms. The first-order valence-corrected chi connectivity index (χ1v) is 4.69. The zero-order valence-electron chi connectivity index (χ0n) is 7.22. The van der Waals surface area contributed by atoms with E-state index >= 15 is 0 Å². The number of thiazole rings is 1. The molecule has 0 aromatic carbocycles. The molecular formula is C9H13NS. The molecule has 1 heterocycles. The van der Waals surface area contributed by atoms with Gasteiger partial charge >= 0.3 is 0 Å². The van der Waals surface area contributed by atoms with Crippen molar-refractivity contribution in [1.82, 2.24) is 4.98 Å². The number of hydrogen-bond acceptors (Lipinski definition) is 2. The van der Waals surface area contributed by atoms with Crippen LogP contribution in [-0.4, -0.2) is 4.98 Å². The standard InChI is InChI=1S/C9H13NS/c1-4-7(2)5-9-6-11-8(3)10-9/h5-6H,4H2,1-3H3. The Bertz CT molecular complexity index is 260. The third-order valence-corrected chi connectivity index (χ3v) is 2.38. The van der Waals surface area contributed by atoms with Crippen LogP contribution in [0.25, 0.3) is 6.08 Å². The molecule has 0 unspecified atom stereocenters. The van der Waals surface area contributed by atoms with E-state index < -0.39 is 0 Å². The summed E-state index contributed by atoms with van der Waals surface area (Å²) in [7, 11) is 0. The number of aromatic nitrogens is 1. The summed E-state index contributed by atoms with van der Waals surface area (Å²) in [4.78, 5) is 4.34. The van der Waals surface area contributed by atoms with E-state index in [4.69, 9.17) is 0 Å². The first kappa shape index (κ1) is 8.47. The summed E-state index contributed by atoms with van der Waals surface area (Å²) >= 11 is 1.70. The van der Waals surface area contributed by atoms with Crippen LogP contribution >= 0.6 is 11.3 Å². The molecule has 1 nitrogen and oxygen atoms in total. The fourth-order valence-electron chi connectivity index (χ4n) is 0.801. The average molecular weight is 167 g/mol. The van der Waals surface area contributed by atoms with Crippen LogP contribution in [0.15, 0.2) is 11.0 Å². The zero-order chi connectivity index (χ0) is 8.27. The summed E-state index contributed by atoms with van der Waals surface area (Å²) in [6.07, 6.45) is 3.25. The second-order valence-corrected chi connectivity index (χ2v) is 3.70. The molecule has 0 radical (unpaired) electrons. The summed E-state index contributed by atoms with van der Waals surface area (Å²) in [6, 6.07) is 0. The highest BCUT2D eigenvalue weighted by Crippen LogP contribution is 2.12. The second-order valence-electron chi connectivity index (χ2n) is 2.64. The maximum Gasteiger partial charge on any atom is 0.0901 e. The van der Waals surface area contributed by atoms with Crippen LogP contribution in [0.4, 0.5) is 0 Å². The Morgan fingerprint density at radius 2 is 2.45 bits per heavy atom. The third kappa shape index (κ3) is 2.46. The van der Waals surface area contributed by atoms with Crippen LogP contribution < -0.4 is 0 Å². The molecule has 0 atom stereocenters. The number of hydrogen-bond donors (Lipinski definition) is 0. The zero-order valence-corrected chi connectivity index (χ0v) is 8.03. The second kappa shape index (κ2) is 3.67. The lowest BCUT2D eigenvalue weighted by atomic mass is 10.2. The van der Waals surface area contributed by atoms with Gasteiger partial charge in [0.05, 0.1) is 10.7 Å². The molecule has 0 amide bonds. The molecule has 0 aliphatic rings. The maximum absolute atomic E-state index is 4.34. The smallest absolute Gasteiger partial charge is 0.0901 e. The van der Waals surface area contributed by atoms with E-state index in [1.807, 2.05) is 6.92 Å². The molecule has 1 rings (SSSR count). The van der Waals surface area contributed by atoms with Crippen molar-refractivity contribution in [3.05, 3.63) is 21.7 Å². The summed E-state index contributed by atoms with van der Waals surface area (Å²) in [6.45, 7) is 6.32. The summed E-state index contributed by atoms with van der Waals surface area (Å²) in [5.41, 5.74) is 2.49. The van der Waals surface area contributed by atoms with Gasteiger partial charge in [0.15, 0.2) is 0 Å². The van der Waals surface area contributed by atoms with Gasteiger partial charge in [-0.1, -0.05) is 12.5 Å². The van der Waals surface area contributed by atoms with Crippen molar-refractivity contribution < 1.29 is 0 Å². The average Bonchev–Trinajstić information content (AvgIpc) is 2.35. The van der Waals surface area contributed by atoms with Gasteiger partial charge in [-0.25, -0.2) is 4.98 Å². The predicted molar refractivity (Wildman–Crippen MR) is 50.8 cm³/mol. The number of aryl methyl sites for hydroxylation is 1. The minimum absolute atomic E-state index is 1.10. The number of rotatable bonds is 2. The molecule has 60 valence electrons. The van der Waals surface area contributed by atoms with Crippen LogP contribution in [0, 0.1) is 6.92 Å². The van der Waals surface area contributed by atoms with Gasteiger partial charge in [-0.05, 0) is 26.3 Å². The van der Waals surface area contributed by atoms with E-state index in [-0.39, 0.29) is 0 Å². The van der Waals surface area contributed by atoms with Crippen molar-refractivity contribution >= 4 is 17.4 Å². The van der Waals surface area contributed by atoms with Crippen molar-refractivity contribution in [2.75, 3.05) is 0 Å². The third-order valence-electron chi connectivity index (χ3n) is 1.59. The quantitative estimate of drug-likeness (QED) is 0.658. The summed E-state index contributed by atoms with van der Waals surface area (Å²) < 4.78 is 0. The van der Waals surface area contributed by atoms with Gasteiger partial charge < -0.3 is 0 Å². The maximum atomic E-state index is 4.34. The lowest BCUT2D eigenvalue weighted by molar-refractivity contribution is 1.11. The Morgan fingerprint density at radius 1 is 1.73 bits per heavy atom. The SMILES string of the molecule is CCC(C)=Cc1csc(C)n1. The fourth-order valence-corrected chi connectivity index (χ4v) is 1.37. The van der Waals surface area contributed by atoms with Crippen molar-refractivity contribution in [2.45, 2.75) is 27.2 Å². The molecule has 2 heteroatoms. The first-order chi connectivity index (χ1) is 5.22. The van der Waals surface area contributed by atoms with Gasteiger partial charge in [-0.2, -0.15) is 0 Å². The van der Waals surface area contributed by atoms with Crippen LogP contribution in [0.5, 0.6) is 0 Å². The van der Waals surface area contributed by atoms with Crippen molar-refractivity contribution in [3.63, 3.8) is 0 Å². The number of allylic oxidation sites excluding steroid dienone is 1. The normalized spacial score (nSPS) is 12.1. The van der Waals surface area contributed by atoms with Crippen LogP contribution in [0.2, 0.25) is 0 Å². The number of nitrogens with zero attached hydrogens (tertiary/aromatic N) is 1. The molecule has 1 aromatic rings. The Kier molecular flexibility index (Phi) is 2.83. The van der Waals surface area contributed by atoms with Crippen molar-refractivity contribution in [2.24, 2.45) is 0 Å². The van der Waals surface area contributed by atoms with Gasteiger partial charge in [0.2, 0.25) is 0 Å². The lowest BCUT2D eigenvalue weighted by Gasteiger charge is -1.90. The molecule has 0 spiro atoms. The van der Waals surface area contributed by atoms with Crippen LogP contribution in [0.1, 0.15) is 31.0 Å². The van der Waals surface area contributed by atoms with E-state index in [0.717, 1.165) is 17.1 Å². The largest absolute Gasteiger partial charge is 0.242 e. The molecular weight excluding hydrogens is 154 g/mol. The lowest BCUT2D eigenvalue weighted by Crippen LogP contribution is -1.75. The Hall–Kier alpha value is -0.630. The van der Waals surface area contributed by atoms with Crippen LogP contribution in [-0.2, 0) is 0 Å².